The van der Waals surface area contributed by atoms with Gasteiger partial charge < -0.3 is 24.8 Å². The molecule has 0 aliphatic heterocycles. The minimum absolute atomic E-state index is 0.146. The topological polar surface area (TPSA) is 95.1 Å². The van der Waals surface area contributed by atoms with Crippen molar-refractivity contribution in [3.63, 3.8) is 0 Å². The highest BCUT2D eigenvalue weighted by Crippen LogP contribution is 2.37. The van der Waals surface area contributed by atoms with E-state index in [4.69, 9.17) is 19.9 Å². The average molecular weight is 560 g/mol. The third kappa shape index (κ3) is 7.77. The molecule has 1 saturated carbocycles. The van der Waals surface area contributed by atoms with E-state index in [-0.39, 0.29) is 30.4 Å². The van der Waals surface area contributed by atoms with Gasteiger partial charge in [-0.05, 0) is 44.7 Å². The van der Waals surface area contributed by atoms with Crippen LogP contribution in [0.5, 0.6) is 11.6 Å². The molecule has 11 heteroatoms. The Morgan fingerprint density at radius 1 is 1.25 bits per heavy atom. The number of benzene rings is 1. The number of ether oxygens (including phenoxy) is 3. The molecule has 8 nitrogen and oxygen atoms in total. The number of nitrogens with zero attached hydrogens (tertiary/aromatic N) is 4. The number of methoxy groups -OCH3 is 1. The Labute approximate surface area is 233 Å². The van der Waals surface area contributed by atoms with Gasteiger partial charge in [0.15, 0.2) is 17.5 Å². The molecule has 1 aliphatic carbocycles. The molecule has 0 radical (unpaired) electrons. The maximum absolute atomic E-state index is 12.9. The number of halogens is 3. The zero-order valence-electron chi connectivity index (χ0n) is 23.7. The Hall–Kier alpha value is -4.02. The number of nitrogens with two attached hydrogens (primary N) is 1. The van der Waals surface area contributed by atoms with E-state index in [2.05, 4.69) is 21.5 Å². The fraction of sp³-hybridized carbons (Fsp3) is 0.414. The molecule has 1 aromatic carbocycles. The number of rotatable bonds is 12. The van der Waals surface area contributed by atoms with Crippen molar-refractivity contribution < 1.29 is 27.4 Å². The normalized spacial score (nSPS) is 15.1. The zero-order chi connectivity index (χ0) is 29.6. The first-order chi connectivity index (χ1) is 18.8. The van der Waals surface area contributed by atoms with Crippen LogP contribution in [0.15, 0.2) is 59.7 Å². The summed E-state index contributed by atoms with van der Waals surface area (Å²) in [7, 11) is 4.70. The van der Waals surface area contributed by atoms with Gasteiger partial charge in [0.25, 0.3) is 5.88 Å². The quantitative estimate of drug-likeness (QED) is 0.253. The first kappa shape index (κ1) is 30.5. The van der Waals surface area contributed by atoms with Crippen molar-refractivity contribution in [2.45, 2.75) is 52.5 Å². The Balaban J connectivity index is 1.83. The van der Waals surface area contributed by atoms with Gasteiger partial charge in [0.2, 0.25) is 0 Å². The lowest BCUT2D eigenvalue weighted by molar-refractivity contribution is -0.0921. The molecule has 1 heterocycles. The Morgan fingerprint density at radius 3 is 2.42 bits per heavy atom. The SMILES string of the molecule is C=C(c1ccc(COc2nc(C(C(=NC)C3CC3)=C(N)OC)ncc2OC(C)C)cc1)N(C)/C=C(\C)C(F)(F)F. The third-order valence-electron chi connectivity index (χ3n) is 6.16. The van der Waals surface area contributed by atoms with Crippen molar-refractivity contribution in [2.24, 2.45) is 16.6 Å². The summed E-state index contributed by atoms with van der Waals surface area (Å²) in [6.45, 7) is 8.86. The summed E-state index contributed by atoms with van der Waals surface area (Å²) in [4.78, 5) is 14.9. The first-order valence-electron chi connectivity index (χ1n) is 12.8. The monoisotopic (exact) mass is 559 g/mol. The molecular formula is C29H36F3N5O3. The highest BCUT2D eigenvalue weighted by molar-refractivity contribution is 6.25. The van der Waals surface area contributed by atoms with Crippen molar-refractivity contribution in [1.82, 2.24) is 14.9 Å². The number of allylic oxidation sites excluding steroid dienone is 2. The molecule has 40 heavy (non-hydrogen) atoms. The molecule has 0 amide bonds. The van der Waals surface area contributed by atoms with Crippen LogP contribution < -0.4 is 15.2 Å². The van der Waals surface area contributed by atoms with E-state index in [1.54, 1.807) is 25.4 Å². The molecule has 0 spiro atoms. The van der Waals surface area contributed by atoms with E-state index in [0.717, 1.165) is 37.2 Å². The molecular weight excluding hydrogens is 523 g/mol. The average Bonchev–Trinajstić information content (AvgIpc) is 3.75. The van der Waals surface area contributed by atoms with Gasteiger partial charge in [-0.15, -0.1) is 0 Å². The molecule has 3 rings (SSSR count). The van der Waals surface area contributed by atoms with Crippen LogP contribution in [0, 0.1) is 5.92 Å². The Bertz CT molecular complexity index is 1300. The number of hydrogen-bond donors (Lipinski definition) is 1. The number of aromatic nitrogens is 2. The molecule has 2 aromatic rings. The van der Waals surface area contributed by atoms with Gasteiger partial charge >= 0.3 is 6.18 Å². The minimum atomic E-state index is -4.40. The lowest BCUT2D eigenvalue weighted by atomic mass is 10.1. The van der Waals surface area contributed by atoms with Crippen molar-refractivity contribution >= 4 is 17.0 Å². The Morgan fingerprint density at radius 2 is 1.90 bits per heavy atom. The molecule has 1 aliphatic rings. The van der Waals surface area contributed by atoms with E-state index < -0.39 is 11.7 Å². The second-order valence-electron chi connectivity index (χ2n) is 9.71. The second-order valence-corrected chi connectivity index (χ2v) is 9.71. The van der Waals surface area contributed by atoms with Gasteiger partial charge in [-0.1, -0.05) is 30.8 Å². The predicted octanol–water partition coefficient (Wildman–Crippen LogP) is 5.97. The smallest absolute Gasteiger partial charge is 0.413 e. The third-order valence-corrected chi connectivity index (χ3v) is 6.16. The lowest BCUT2D eigenvalue weighted by Gasteiger charge is -2.20. The van der Waals surface area contributed by atoms with E-state index in [9.17, 15) is 13.2 Å². The largest absolute Gasteiger partial charge is 0.484 e. The molecule has 0 saturated heterocycles. The predicted molar refractivity (Wildman–Crippen MR) is 149 cm³/mol. The van der Waals surface area contributed by atoms with E-state index in [1.165, 1.54) is 19.1 Å². The van der Waals surface area contributed by atoms with Crippen LogP contribution in [-0.2, 0) is 11.3 Å². The van der Waals surface area contributed by atoms with Crippen molar-refractivity contribution in [2.75, 3.05) is 21.2 Å². The van der Waals surface area contributed by atoms with Gasteiger partial charge in [-0.25, -0.2) is 4.98 Å². The fourth-order valence-electron chi connectivity index (χ4n) is 3.81. The van der Waals surface area contributed by atoms with Gasteiger partial charge in [-0.2, -0.15) is 18.2 Å². The van der Waals surface area contributed by atoms with Crippen LogP contribution in [0.1, 0.15) is 50.6 Å². The highest BCUT2D eigenvalue weighted by atomic mass is 19.4. The molecule has 0 atom stereocenters. The molecule has 2 N–H and O–H groups in total. The highest BCUT2D eigenvalue weighted by Gasteiger charge is 2.33. The summed E-state index contributed by atoms with van der Waals surface area (Å²) in [6.07, 6.45) is 0.0126. The number of alkyl halides is 3. The van der Waals surface area contributed by atoms with Crippen LogP contribution in [-0.4, -0.2) is 54.1 Å². The molecule has 1 fully saturated rings. The maximum atomic E-state index is 12.9. The first-order valence-corrected chi connectivity index (χ1v) is 12.8. The summed E-state index contributed by atoms with van der Waals surface area (Å²) >= 11 is 0. The summed E-state index contributed by atoms with van der Waals surface area (Å²) in [5, 5.41) is 0. The van der Waals surface area contributed by atoms with Crippen LogP contribution in [0.4, 0.5) is 13.2 Å². The standard InChI is InChI=1S/C29H36F3N5O3/c1-17(2)40-23-14-35-27(24(26(33)38-7)25(34-5)22-12-13-22)36-28(23)39-16-20-8-10-21(11-9-20)19(4)37(6)15-18(3)29(30,31)32/h8-11,14-15,17,22H,4,12-13,16,33H2,1-3,5-7H3/b18-15+,26-24?,34-25?. The summed E-state index contributed by atoms with van der Waals surface area (Å²) in [5.74, 6) is 1.35. The van der Waals surface area contributed by atoms with Crippen molar-refractivity contribution in [3.05, 3.63) is 71.6 Å². The Kier molecular flexibility index (Phi) is 9.83. The lowest BCUT2D eigenvalue weighted by Crippen LogP contribution is -2.17. The molecule has 1 aromatic heterocycles. The van der Waals surface area contributed by atoms with Crippen LogP contribution in [0.3, 0.4) is 0 Å². The summed E-state index contributed by atoms with van der Waals surface area (Å²) in [6, 6.07) is 7.15. The zero-order valence-corrected chi connectivity index (χ0v) is 23.7. The summed E-state index contributed by atoms with van der Waals surface area (Å²) < 4.78 is 56.0. The summed E-state index contributed by atoms with van der Waals surface area (Å²) in [5.41, 5.74) is 8.67. The van der Waals surface area contributed by atoms with Gasteiger partial charge in [0.05, 0.1) is 25.1 Å². The van der Waals surface area contributed by atoms with Gasteiger partial charge in [-0.3, -0.25) is 4.99 Å². The van der Waals surface area contributed by atoms with Gasteiger partial charge in [0, 0.05) is 37.5 Å². The van der Waals surface area contributed by atoms with Gasteiger partial charge in [0.1, 0.15) is 12.2 Å². The van der Waals surface area contributed by atoms with Crippen molar-refractivity contribution in [3.8, 4) is 11.6 Å². The van der Waals surface area contributed by atoms with Crippen molar-refractivity contribution in [1.29, 1.82) is 0 Å². The fourth-order valence-corrected chi connectivity index (χ4v) is 3.81. The maximum Gasteiger partial charge on any atom is 0.413 e. The van der Waals surface area contributed by atoms with E-state index in [1.807, 2.05) is 26.0 Å². The van der Waals surface area contributed by atoms with Crippen LogP contribution in [0.25, 0.3) is 11.3 Å². The number of aliphatic imine (C=N–C) groups is 1. The molecule has 0 bridgehead atoms. The second kappa shape index (κ2) is 12.9. The molecule has 216 valence electrons. The van der Waals surface area contributed by atoms with E-state index >= 15 is 0 Å². The minimum Gasteiger partial charge on any atom is -0.484 e. The molecule has 0 unspecified atom stereocenters. The van der Waals surface area contributed by atoms with Crippen LogP contribution >= 0.6 is 0 Å². The van der Waals surface area contributed by atoms with Crippen LogP contribution in [0.2, 0.25) is 0 Å². The van der Waals surface area contributed by atoms with E-state index in [0.29, 0.717) is 28.4 Å². The number of hydrogen-bond acceptors (Lipinski definition) is 8.